The van der Waals surface area contributed by atoms with E-state index in [1.54, 1.807) is 0 Å². The number of nitrogens with two attached hydrogens (primary N) is 1. The molecule has 0 atom stereocenters. The van der Waals surface area contributed by atoms with Crippen molar-refractivity contribution in [2.45, 2.75) is 20.3 Å². The first kappa shape index (κ1) is 12.4. The Labute approximate surface area is 96.4 Å². The number of carbonyl (C=O) groups is 1. The third-order valence-corrected chi connectivity index (χ3v) is 2.45. The van der Waals surface area contributed by atoms with Gasteiger partial charge in [0.2, 0.25) is 5.91 Å². The van der Waals surface area contributed by atoms with Gasteiger partial charge in [-0.05, 0) is 24.6 Å². The highest BCUT2D eigenvalue weighted by atomic mass is 16.1. The van der Waals surface area contributed by atoms with Crippen LogP contribution in [0.25, 0.3) is 0 Å². The van der Waals surface area contributed by atoms with E-state index in [0.717, 1.165) is 22.6 Å². The lowest BCUT2D eigenvalue weighted by molar-refractivity contribution is -0.115. The summed E-state index contributed by atoms with van der Waals surface area (Å²) in [4.78, 5) is 13.3. The molecule has 0 bridgehead atoms. The molecular weight excluding hydrogens is 202 g/mol. The number of rotatable bonds is 3. The number of anilines is 3. The summed E-state index contributed by atoms with van der Waals surface area (Å²) in [6.07, 6.45) is 0.473. The molecule has 0 spiro atoms. The van der Waals surface area contributed by atoms with Gasteiger partial charge >= 0.3 is 0 Å². The highest BCUT2D eigenvalue weighted by Gasteiger charge is 2.08. The summed E-state index contributed by atoms with van der Waals surface area (Å²) in [5, 5.41) is 2.86. The molecule has 1 amide bonds. The number of nitrogen functional groups attached to an aromatic ring is 1. The van der Waals surface area contributed by atoms with Crippen molar-refractivity contribution >= 4 is 23.0 Å². The van der Waals surface area contributed by atoms with E-state index in [0.29, 0.717) is 6.42 Å². The maximum atomic E-state index is 11.3. The molecule has 0 fully saturated rings. The summed E-state index contributed by atoms with van der Waals surface area (Å²) < 4.78 is 0. The minimum Gasteiger partial charge on any atom is -0.397 e. The van der Waals surface area contributed by atoms with Gasteiger partial charge in [-0.25, -0.2) is 0 Å². The van der Waals surface area contributed by atoms with Crippen molar-refractivity contribution in [1.29, 1.82) is 0 Å². The summed E-state index contributed by atoms with van der Waals surface area (Å²) >= 11 is 0. The molecule has 0 saturated heterocycles. The smallest absolute Gasteiger partial charge is 0.224 e. The van der Waals surface area contributed by atoms with E-state index in [-0.39, 0.29) is 5.91 Å². The molecule has 4 heteroatoms. The normalized spacial score (nSPS) is 10.0. The molecule has 3 N–H and O–H groups in total. The predicted molar refractivity (Wildman–Crippen MR) is 68.8 cm³/mol. The standard InChI is InChI=1S/C12H19N3O/c1-5-12(16)14-10-7-11(15(3)4)9(13)6-8(10)2/h6-7H,5,13H2,1-4H3,(H,14,16). The zero-order valence-corrected chi connectivity index (χ0v) is 10.3. The fourth-order valence-electron chi connectivity index (χ4n) is 1.48. The quantitative estimate of drug-likeness (QED) is 0.767. The number of nitrogens with zero attached hydrogens (tertiary/aromatic N) is 1. The molecule has 4 nitrogen and oxygen atoms in total. The second kappa shape index (κ2) is 4.88. The van der Waals surface area contributed by atoms with Crippen molar-refractivity contribution in [3.8, 4) is 0 Å². The van der Waals surface area contributed by atoms with E-state index >= 15 is 0 Å². The van der Waals surface area contributed by atoms with Gasteiger partial charge in [-0.1, -0.05) is 6.92 Å². The molecule has 0 unspecified atom stereocenters. The van der Waals surface area contributed by atoms with Crippen LogP contribution in [0.1, 0.15) is 18.9 Å². The number of hydrogen-bond acceptors (Lipinski definition) is 3. The number of nitrogens with one attached hydrogen (secondary N) is 1. The van der Waals surface area contributed by atoms with Crippen molar-refractivity contribution in [2.75, 3.05) is 30.0 Å². The molecule has 1 aromatic carbocycles. The number of aryl methyl sites for hydroxylation is 1. The summed E-state index contributed by atoms with van der Waals surface area (Å²) in [5.41, 5.74) is 9.33. The Balaban J connectivity index is 3.09. The van der Waals surface area contributed by atoms with E-state index in [9.17, 15) is 4.79 Å². The Morgan fingerprint density at radius 3 is 2.56 bits per heavy atom. The third-order valence-electron chi connectivity index (χ3n) is 2.45. The number of benzene rings is 1. The van der Waals surface area contributed by atoms with Crippen LogP contribution in [0, 0.1) is 6.92 Å². The van der Waals surface area contributed by atoms with Gasteiger partial charge in [0.15, 0.2) is 0 Å². The molecule has 1 rings (SSSR count). The lowest BCUT2D eigenvalue weighted by atomic mass is 10.1. The maximum absolute atomic E-state index is 11.3. The highest BCUT2D eigenvalue weighted by molar-refractivity contribution is 5.92. The topological polar surface area (TPSA) is 58.4 Å². The molecule has 1 aromatic rings. The molecule has 0 heterocycles. The average Bonchev–Trinajstić information content (AvgIpc) is 2.21. The monoisotopic (exact) mass is 221 g/mol. The van der Waals surface area contributed by atoms with Crippen LogP contribution in [0.2, 0.25) is 0 Å². The van der Waals surface area contributed by atoms with E-state index in [1.165, 1.54) is 0 Å². The molecule has 88 valence electrons. The molecule has 0 aromatic heterocycles. The third kappa shape index (κ3) is 2.66. The Hall–Kier alpha value is -1.71. The first-order chi connectivity index (χ1) is 7.45. The van der Waals surface area contributed by atoms with Crippen molar-refractivity contribution in [1.82, 2.24) is 0 Å². The lowest BCUT2D eigenvalue weighted by Gasteiger charge is -2.18. The molecule has 0 radical (unpaired) electrons. The van der Waals surface area contributed by atoms with Gasteiger partial charge in [0, 0.05) is 26.2 Å². The van der Waals surface area contributed by atoms with Gasteiger partial charge in [0.25, 0.3) is 0 Å². The Morgan fingerprint density at radius 2 is 2.06 bits per heavy atom. The van der Waals surface area contributed by atoms with Crippen LogP contribution in [0.4, 0.5) is 17.1 Å². The molecular formula is C12H19N3O. The van der Waals surface area contributed by atoms with Gasteiger partial charge in [-0.15, -0.1) is 0 Å². The Kier molecular flexibility index (Phi) is 3.77. The lowest BCUT2D eigenvalue weighted by Crippen LogP contribution is -2.14. The van der Waals surface area contributed by atoms with Gasteiger partial charge < -0.3 is 16.0 Å². The van der Waals surface area contributed by atoms with Gasteiger partial charge in [-0.3, -0.25) is 4.79 Å². The summed E-state index contributed by atoms with van der Waals surface area (Å²) in [7, 11) is 3.85. The fourth-order valence-corrected chi connectivity index (χ4v) is 1.48. The first-order valence-corrected chi connectivity index (χ1v) is 5.33. The van der Waals surface area contributed by atoms with Crippen LogP contribution < -0.4 is 16.0 Å². The van der Waals surface area contributed by atoms with Crippen molar-refractivity contribution in [3.05, 3.63) is 17.7 Å². The van der Waals surface area contributed by atoms with Crippen molar-refractivity contribution in [2.24, 2.45) is 0 Å². The van der Waals surface area contributed by atoms with Crippen molar-refractivity contribution < 1.29 is 4.79 Å². The molecule has 0 aliphatic heterocycles. The zero-order chi connectivity index (χ0) is 12.3. The van der Waals surface area contributed by atoms with Gasteiger partial charge in [0.05, 0.1) is 11.4 Å². The van der Waals surface area contributed by atoms with E-state index in [2.05, 4.69) is 5.32 Å². The fraction of sp³-hybridized carbons (Fsp3) is 0.417. The Morgan fingerprint density at radius 1 is 1.44 bits per heavy atom. The molecule has 0 aliphatic rings. The second-order valence-electron chi connectivity index (χ2n) is 4.02. The summed E-state index contributed by atoms with van der Waals surface area (Å²) in [6, 6.07) is 3.78. The first-order valence-electron chi connectivity index (χ1n) is 5.33. The van der Waals surface area contributed by atoms with Crippen LogP contribution in [-0.2, 0) is 4.79 Å². The van der Waals surface area contributed by atoms with Crippen LogP contribution in [0.5, 0.6) is 0 Å². The van der Waals surface area contributed by atoms with E-state index in [1.807, 2.05) is 45.0 Å². The Bertz CT molecular complexity index is 399. The molecule has 0 aliphatic carbocycles. The molecule has 0 saturated carbocycles. The predicted octanol–water partition coefficient (Wildman–Crippen LogP) is 1.99. The number of carbonyl (C=O) groups excluding carboxylic acids is 1. The molecule has 16 heavy (non-hydrogen) atoms. The van der Waals surface area contributed by atoms with Gasteiger partial charge in [-0.2, -0.15) is 0 Å². The number of hydrogen-bond donors (Lipinski definition) is 2. The zero-order valence-electron chi connectivity index (χ0n) is 10.3. The summed E-state index contributed by atoms with van der Waals surface area (Å²) in [5.74, 6) is 0.0116. The van der Waals surface area contributed by atoms with Crippen LogP contribution in [0.15, 0.2) is 12.1 Å². The summed E-state index contributed by atoms with van der Waals surface area (Å²) in [6.45, 7) is 3.76. The minimum atomic E-state index is 0.0116. The van der Waals surface area contributed by atoms with E-state index in [4.69, 9.17) is 5.73 Å². The average molecular weight is 221 g/mol. The van der Waals surface area contributed by atoms with Crippen LogP contribution in [-0.4, -0.2) is 20.0 Å². The van der Waals surface area contributed by atoms with Gasteiger partial charge in [0.1, 0.15) is 0 Å². The van der Waals surface area contributed by atoms with E-state index < -0.39 is 0 Å². The second-order valence-corrected chi connectivity index (χ2v) is 4.02. The van der Waals surface area contributed by atoms with Crippen molar-refractivity contribution in [3.63, 3.8) is 0 Å². The highest BCUT2D eigenvalue weighted by Crippen LogP contribution is 2.28. The van der Waals surface area contributed by atoms with Crippen LogP contribution >= 0.6 is 0 Å². The number of amides is 1. The SMILES string of the molecule is CCC(=O)Nc1cc(N(C)C)c(N)cc1C. The largest absolute Gasteiger partial charge is 0.397 e. The minimum absolute atomic E-state index is 0.0116. The van der Waals surface area contributed by atoms with Crippen LogP contribution in [0.3, 0.4) is 0 Å². The maximum Gasteiger partial charge on any atom is 0.224 e.